The molecule has 0 atom stereocenters. The van der Waals surface area contributed by atoms with Crippen molar-refractivity contribution in [1.29, 1.82) is 0 Å². The number of carbonyl (C=O) groups excluding carboxylic acids is 1. The summed E-state index contributed by atoms with van der Waals surface area (Å²) in [6, 6.07) is 15.5. The maximum atomic E-state index is 12.3. The number of nitrogens with one attached hydrogen (secondary N) is 1. The third-order valence-corrected chi connectivity index (χ3v) is 4.39. The molecule has 0 aliphatic carbocycles. The highest BCUT2D eigenvalue weighted by Gasteiger charge is 2.09. The Bertz CT molecular complexity index is 1030. The van der Waals surface area contributed by atoms with Crippen LogP contribution in [0, 0.1) is 0 Å². The molecule has 26 heavy (non-hydrogen) atoms. The normalized spacial score (nSPS) is 11.0. The molecule has 0 saturated heterocycles. The van der Waals surface area contributed by atoms with E-state index in [1.54, 1.807) is 12.3 Å². The van der Waals surface area contributed by atoms with Crippen LogP contribution >= 0.6 is 0 Å². The van der Waals surface area contributed by atoms with Gasteiger partial charge < -0.3 is 14.5 Å². The van der Waals surface area contributed by atoms with Crippen molar-refractivity contribution in [2.45, 2.75) is 6.42 Å². The van der Waals surface area contributed by atoms with E-state index >= 15 is 0 Å². The van der Waals surface area contributed by atoms with Gasteiger partial charge in [-0.2, -0.15) is 0 Å². The molecule has 1 N–H and O–H groups in total. The monoisotopic (exact) mass is 345 g/mol. The Balaban J connectivity index is 1.38. The van der Waals surface area contributed by atoms with Crippen molar-refractivity contribution in [2.24, 2.45) is 7.05 Å². The lowest BCUT2D eigenvalue weighted by Crippen LogP contribution is -2.26. The van der Waals surface area contributed by atoms with Gasteiger partial charge in [-0.05, 0) is 36.4 Å². The molecule has 4 aromatic rings. The Labute approximate surface area is 151 Å². The summed E-state index contributed by atoms with van der Waals surface area (Å²) in [7, 11) is 2.00. The minimum absolute atomic E-state index is 0.129. The largest absolute Gasteiger partial charge is 0.352 e. The van der Waals surface area contributed by atoms with Crippen molar-refractivity contribution in [2.75, 3.05) is 6.54 Å². The first-order chi connectivity index (χ1) is 12.7. The van der Waals surface area contributed by atoms with E-state index in [0.29, 0.717) is 18.5 Å². The number of aryl methyl sites for hydroxylation is 1. The lowest BCUT2D eigenvalue weighted by Gasteiger charge is -2.07. The van der Waals surface area contributed by atoms with Gasteiger partial charge in [0.25, 0.3) is 5.91 Å². The van der Waals surface area contributed by atoms with Crippen molar-refractivity contribution in [3.05, 3.63) is 78.5 Å². The van der Waals surface area contributed by atoms with Gasteiger partial charge in [-0.25, -0.2) is 9.97 Å². The van der Waals surface area contributed by atoms with Crippen molar-refractivity contribution in [3.63, 3.8) is 0 Å². The number of para-hydroxylation sites is 2. The molecule has 6 heteroatoms. The first-order valence-corrected chi connectivity index (χ1v) is 8.50. The second-order valence-corrected chi connectivity index (χ2v) is 6.08. The molecule has 0 radical (unpaired) electrons. The molecule has 0 bridgehead atoms. The van der Waals surface area contributed by atoms with Gasteiger partial charge in [0.15, 0.2) is 0 Å². The van der Waals surface area contributed by atoms with Gasteiger partial charge in [0.1, 0.15) is 11.6 Å². The first kappa shape index (κ1) is 16.1. The van der Waals surface area contributed by atoms with Crippen LogP contribution < -0.4 is 5.32 Å². The quantitative estimate of drug-likeness (QED) is 0.605. The maximum absolute atomic E-state index is 12.3. The van der Waals surface area contributed by atoms with Crippen LogP contribution in [-0.4, -0.2) is 31.6 Å². The predicted octanol–water partition coefficient (Wildman–Crippen LogP) is 2.73. The predicted molar refractivity (Wildman–Crippen MR) is 100 cm³/mol. The number of imidazole rings is 1. The molecule has 1 amide bonds. The number of carbonyl (C=O) groups is 1. The summed E-state index contributed by atoms with van der Waals surface area (Å²) in [4.78, 5) is 21.3. The van der Waals surface area contributed by atoms with E-state index in [1.165, 1.54) is 0 Å². The fourth-order valence-electron chi connectivity index (χ4n) is 2.97. The number of aromatic nitrogens is 4. The van der Waals surface area contributed by atoms with Crippen molar-refractivity contribution < 1.29 is 4.79 Å². The second kappa shape index (κ2) is 6.84. The summed E-state index contributed by atoms with van der Waals surface area (Å²) >= 11 is 0. The van der Waals surface area contributed by atoms with Crippen LogP contribution in [0.1, 0.15) is 16.2 Å². The van der Waals surface area contributed by atoms with Gasteiger partial charge in [0.2, 0.25) is 0 Å². The van der Waals surface area contributed by atoms with Gasteiger partial charge >= 0.3 is 0 Å². The number of rotatable bonds is 5. The van der Waals surface area contributed by atoms with Crippen LogP contribution in [0.5, 0.6) is 0 Å². The number of hydrogen-bond donors (Lipinski definition) is 1. The van der Waals surface area contributed by atoms with Gasteiger partial charge in [-0.1, -0.05) is 12.1 Å². The van der Waals surface area contributed by atoms with Gasteiger partial charge in [-0.15, -0.1) is 0 Å². The van der Waals surface area contributed by atoms with E-state index in [4.69, 9.17) is 0 Å². The first-order valence-electron chi connectivity index (χ1n) is 8.50. The summed E-state index contributed by atoms with van der Waals surface area (Å²) in [5.74, 6) is 1.61. The second-order valence-electron chi connectivity index (χ2n) is 6.08. The average molecular weight is 345 g/mol. The molecule has 0 spiro atoms. The molecule has 0 aliphatic rings. The van der Waals surface area contributed by atoms with Gasteiger partial charge in [0, 0.05) is 38.6 Å². The standard InChI is InChI=1S/C20H19N5O/c1-24-17-7-3-2-6-16(17)23-19(24)10-11-21-20(26)15-8-9-18(22-14-15)25-12-4-5-13-25/h2-9,12-14H,10-11H2,1H3,(H,21,26). The lowest BCUT2D eigenvalue weighted by molar-refractivity contribution is 0.0953. The highest BCUT2D eigenvalue weighted by Crippen LogP contribution is 2.14. The van der Waals surface area contributed by atoms with E-state index < -0.39 is 0 Å². The van der Waals surface area contributed by atoms with E-state index in [9.17, 15) is 4.79 Å². The maximum Gasteiger partial charge on any atom is 0.252 e. The van der Waals surface area contributed by atoms with E-state index in [2.05, 4.69) is 19.9 Å². The minimum Gasteiger partial charge on any atom is -0.352 e. The minimum atomic E-state index is -0.129. The molecule has 0 unspecified atom stereocenters. The molecule has 0 saturated carbocycles. The molecule has 130 valence electrons. The van der Waals surface area contributed by atoms with Crippen molar-refractivity contribution in [1.82, 2.24) is 24.4 Å². The molecule has 0 fully saturated rings. The summed E-state index contributed by atoms with van der Waals surface area (Å²) in [6.45, 7) is 0.523. The number of benzene rings is 1. The van der Waals surface area contributed by atoms with Crippen molar-refractivity contribution >= 4 is 16.9 Å². The van der Waals surface area contributed by atoms with Gasteiger partial charge in [0.05, 0.1) is 16.6 Å². The molecular formula is C20H19N5O. The molecule has 6 nitrogen and oxygen atoms in total. The van der Waals surface area contributed by atoms with Crippen LogP contribution in [0.15, 0.2) is 67.1 Å². The number of nitrogens with zero attached hydrogens (tertiary/aromatic N) is 4. The zero-order valence-electron chi connectivity index (χ0n) is 14.5. The fraction of sp³-hybridized carbons (Fsp3) is 0.150. The Morgan fingerprint density at radius 1 is 1.08 bits per heavy atom. The zero-order valence-corrected chi connectivity index (χ0v) is 14.5. The number of pyridine rings is 1. The molecule has 3 heterocycles. The van der Waals surface area contributed by atoms with Crippen LogP contribution in [0.25, 0.3) is 16.9 Å². The number of fused-ring (bicyclic) bond motifs is 1. The topological polar surface area (TPSA) is 64.7 Å². The van der Waals surface area contributed by atoms with Crippen LogP contribution in [0.2, 0.25) is 0 Å². The summed E-state index contributed by atoms with van der Waals surface area (Å²) in [5, 5.41) is 2.93. The molecule has 1 aromatic carbocycles. The molecule has 0 aliphatic heterocycles. The van der Waals surface area contributed by atoms with Crippen LogP contribution in [0.4, 0.5) is 0 Å². The van der Waals surface area contributed by atoms with Gasteiger partial charge in [-0.3, -0.25) is 4.79 Å². The third kappa shape index (κ3) is 3.09. The molecular weight excluding hydrogens is 326 g/mol. The Morgan fingerprint density at radius 3 is 2.62 bits per heavy atom. The van der Waals surface area contributed by atoms with Crippen LogP contribution in [-0.2, 0) is 13.5 Å². The summed E-state index contributed by atoms with van der Waals surface area (Å²) in [6.07, 6.45) is 6.10. The number of hydrogen-bond acceptors (Lipinski definition) is 3. The highest BCUT2D eigenvalue weighted by molar-refractivity contribution is 5.93. The zero-order chi connectivity index (χ0) is 17.9. The fourth-order valence-corrected chi connectivity index (χ4v) is 2.97. The third-order valence-electron chi connectivity index (χ3n) is 4.39. The summed E-state index contributed by atoms with van der Waals surface area (Å²) < 4.78 is 3.96. The Morgan fingerprint density at radius 2 is 1.88 bits per heavy atom. The number of amides is 1. The van der Waals surface area contributed by atoms with E-state index in [0.717, 1.165) is 22.7 Å². The Hall–Kier alpha value is -3.41. The smallest absolute Gasteiger partial charge is 0.252 e. The molecule has 4 rings (SSSR count). The van der Waals surface area contributed by atoms with E-state index in [1.807, 2.05) is 66.5 Å². The average Bonchev–Trinajstić information content (AvgIpc) is 3.31. The van der Waals surface area contributed by atoms with E-state index in [-0.39, 0.29) is 5.91 Å². The van der Waals surface area contributed by atoms with Crippen molar-refractivity contribution in [3.8, 4) is 5.82 Å². The Kier molecular flexibility index (Phi) is 4.23. The van der Waals surface area contributed by atoms with Crippen LogP contribution in [0.3, 0.4) is 0 Å². The lowest BCUT2D eigenvalue weighted by atomic mass is 10.2. The summed E-state index contributed by atoms with van der Waals surface area (Å²) in [5.41, 5.74) is 2.62. The highest BCUT2D eigenvalue weighted by atomic mass is 16.1. The SMILES string of the molecule is Cn1c(CCNC(=O)c2ccc(-n3cccc3)nc2)nc2ccccc21. The molecule has 3 aromatic heterocycles.